The maximum absolute atomic E-state index is 5.20. The summed E-state index contributed by atoms with van der Waals surface area (Å²) in [6.07, 6.45) is 4.64. The second kappa shape index (κ2) is 10.2. The first-order chi connectivity index (χ1) is 13.8. The van der Waals surface area contributed by atoms with Crippen molar-refractivity contribution in [3.05, 3.63) is 78.1 Å². The lowest BCUT2D eigenvalue weighted by Gasteiger charge is -2.12. The molecule has 1 heterocycles. The summed E-state index contributed by atoms with van der Waals surface area (Å²) in [6, 6.07) is 18.3. The Morgan fingerprint density at radius 3 is 2.64 bits per heavy atom. The largest absolute Gasteiger partial charge is 0.497 e. The van der Waals surface area contributed by atoms with Crippen molar-refractivity contribution in [3.63, 3.8) is 0 Å². The number of hydrogen-bond donors (Lipinski definition) is 2. The predicted octanol–water partition coefficient (Wildman–Crippen LogP) is 3.18. The molecule has 0 unspecified atom stereocenters. The van der Waals surface area contributed by atoms with Crippen molar-refractivity contribution in [1.82, 2.24) is 20.4 Å². The zero-order valence-electron chi connectivity index (χ0n) is 16.4. The Bertz CT molecular complexity index is 872. The molecule has 0 radical (unpaired) electrons. The summed E-state index contributed by atoms with van der Waals surface area (Å²) in [6.45, 7) is 4.30. The van der Waals surface area contributed by atoms with E-state index in [4.69, 9.17) is 9.73 Å². The van der Waals surface area contributed by atoms with Crippen molar-refractivity contribution < 1.29 is 4.74 Å². The van der Waals surface area contributed by atoms with E-state index >= 15 is 0 Å². The molecule has 0 atom stereocenters. The van der Waals surface area contributed by atoms with E-state index in [9.17, 15) is 0 Å². The molecule has 3 aromatic rings. The summed E-state index contributed by atoms with van der Waals surface area (Å²) < 4.78 is 7.05. The van der Waals surface area contributed by atoms with Gasteiger partial charge in [0.2, 0.25) is 0 Å². The molecule has 146 valence electrons. The van der Waals surface area contributed by atoms with Crippen LogP contribution in [-0.4, -0.2) is 35.9 Å². The van der Waals surface area contributed by atoms with Crippen LogP contribution in [0.1, 0.15) is 18.1 Å². The molecule has 3 rings (SSSR count). The van der Waals surface area contributed by atoms with Crippen LogP contribution in [0, 0.1) is 0 Å². The minimum absolute atomic E-state index is 0.604. The summed E-state index contributed by atoms with van der Waals surface area (Å²) in [5.74, 6) is 1.70. The van der Waals surface area contributed by atoms with Crippen LogP contribution in [0.3, 0.4) is 0 Å². The van der Waals surface area contributed by atoms with Gasteiger partial charge in [0.25, 0.3) is 0 Å². The van der Waals surface area contributed by atoms with Crippen molar-refractivity contribution in [3.8, 4) is 11.4 Å². The van der Waals surface area contributed by atoms with Crippen molar-refractivity contribution >= 4 is 5.96 Å². The SMILES string of the molecule is CCNC(=NCc1cccc(-n2cccn2)c1)NCCc1ccc(OC)cc1. The van der Waals surface area contributed by atoms with Crippen LogP contribution in [0.15, 0.2) is 72.0 Å². The van der Waals surface area contributed by atoms with E-state index < -0.39 is 0 Å². The molecule has 0 saturated carbocycles. The van der Waals surface area contributed by atoms with Gasteiger partial charge < -0.3 is 15.4 Å². The van der Waals surface area contributed by atoms with E-state index in [2.05, 4.69) is 46.9 Å². The second-order valence-electron chi connectivity index (χ2n) is 6.34. The quantitative estimate of drug-likeness (QED) is 0.467. The molecule has 2 aromatic carbocycles. The van der Waals surface area contributed by atoms with Crippen LogP contribution >= 0.6 is 0 Å². The van der Waals surface area contributed by atoms with E-state index in [1.807, 2.05) is 41.2 Å². The third-order valence-corrected chi connectivity index (χ3v) is 4.31. The van der Waals surface area contributed by atoms with Gasteiger partial charge >= 0.3 is 0 Å². The normalized spacial score (nSPS) is 11.3. The molecule has 0 aliphatic rings. The van der Waals surface area contributed by atoms with Crippen LogP contribution in [-0.2, 0) is 13.0 Å². The van der Waals surface area contributed by atoms with Gasteiger partial charge in [-0.1, -0.05) is 24.3 Å². The third-order valence-electron chi connectivity index (χ3n) is 4.31. The van der Waals surface area contributed by atoms with E-state index in [0.717, 1.165) is 42.5 Å². The Morgan fingerprint density at radius 1 is 1.07 bits per heavy atom. The average molecular weight is 377 g/mol. The number of nitrogens with one attached hydrogen (secondary N) is 2. The maximum Gasteiger partial charge on any atom is 0.191 e. The number of guanidine groups is 1. The van der Waals surface area contributed by atoms with Crippen molar-refractivity contribution in [2.24, 2.45) is 4.99 Å². The number of methoxy groups -OCH3 is 1. The molecule has 0 spiro atoms. The van der Waals surface area contributed by atoms with Gasteiger partial charge in [0.1, 0.15) is 5.75 Å². The topological polar surface area (TPSA) is 63.5 Å². The lowest BCUT2D eigenvalue weighted by atomic mass is 10.1. The van der Waals surface area contributed by atoms with Crippen LogP contribution < -0.4 is 15.4 Å². The van der Waals surface area contributed by atoms with Gasteiger partial charge in [-0.25, -0.2) is 9.67 Å². The Hall–Kier alpha value is -3.28. The van der Waals surface area contributed by atoms with Gasteiger partial charge in [0.05, 0.1) is 19.3 Å². The minimum Gasteiger partial charge on any atom is -0.497 e. The van der Waals surface area contributed by atoms with Crippen molar-refractivity contribution in [1.29, 1.82) is 0 Å². The highest BCUT2D eigenvalue weighted by Gasteiger charge is 2.01. The zero-order valence-corrected chi connectivity index (χ0v) is 16.4. The predicted molar refractivity (Wildman–Crippen MR) is 113 cm³/mol. The number of benzene rings is 2. The van der Waals surface area contributed by atoms with Gasteiger partial charge in [-0.2, -0.15) is 5.10 Å². The molecule has 2 N–H and O–H groups in total. The summed E-state index contributed by atoms with van der Waals surface area (Å²) >= 11 is 0. The lowest BCUT2D eigenvalue weighted by Crippen LogP contribution is -2.38. The van der Waals surface area contributed by atoms with Gasteiger partial charge in [0.15, 0.2) is 5.96 Å². The lowest BCUT2D eigenvalue weighted by molar-refractivity contribution is 0.414. The van der Waals surface area contributed by atoms with E-state index in [-0.39, 0.29) is 0 Å². The maximum atomic E-state index is 5.20. The molecule has 0 amide bonds. The highest BCUT2D eigenvalue weighted by Crippen LogP contribution is 2.12. The van der Waals surface area contributed by atoms with Gasteiger partial charge in [-0.05, 0) is 54.8 Å². The highest BCUT2D eigenvalue weighted by molar-refractivity contribution is 5.79. The number of nitrogens with zero attached hydrogens (tertiary/aromatic N) is 3. The molecule has 28 heavy (non-hydrogen) atoms. The minimum atomic E-state index is 0.604. The molecule has 0 bridgehead atoms. The van der Waals surface area contributed by atoms with Crippen molar-refractivity contribution in [2.75, 3.05) is 20.2 Å². The zero-order chi connectivity index (χ0) is 19.6. The van der Waals surface area contributed by atoms with E-state index in [0.29, 0.717) is 6.54 Å². The Morgan fingerprint density at radius 2 is 1.93 bits per heavy atom. The summed E-state index contributed by atoms with van der Waals surface area (Å²) in [4.78, 5) is 4.71. The number of aromatic nitrogens is 2. The smallest absolute Gasteiger partial charge is 0.191 e. The summed E-state index contributed by atoms with van der Waals surface area (Å²) in [5.41, 5.74) is 3.44. The van der Waals surface area contributed by atoms with Gasteiger partial charge in [-0.3, -0.25) is 0 Å². The molecule has 6 nitrogen and oxygen atoms in total. The van der Waals surface area contributed by atoms with Gasteiger partial charge in [-0.15, -0.1) is 0 Å². The van der Waals surface area contributed by atoms with Gasteiger partial charge in [0, 0.05) is 25.5 Å². The monoisotopic (exact) mass is 377 g/mol. The van der Waals surface area contributed by atoms with Crippen LogP contribution in [0.25, 0.3) is 5.69 Å². The molecular weight excluding hydrogens is 350 g/mol. The fourth-order valence-electron chi connectivity index (χ4n) is 2.85. The third kappa shape index (κ3) is 5.61. The fourth-order valence-corrected chi connectivity index (χ4v) is 2.85. The molecule has 1 aromatic heterocycles. The number of rotatable bonds is 8. The number of ether oxygens (including phenoxy) is 1. The Kier molecular flexibility index (Phi) is 7.07. The van der Waals surface area contributed by atoms with Crippen LogP contribution in [0.5, 0.6) is 5.75 Å². The first kappa shape index (κ1) is 19.5. The van der Waals surface area contributed by atoms with E-state index in [1.165, 1.54) is 5.56 Å². The van der Waals surface area contributed by atoms with Crippen molar-refractivity contribution in [2.45, 2.75) is 19.9 Å². The molecule has 0 saturated heterocycles. The van der Waals surface area contributed by atoms with E-state index in [1.54, 1.807) is 13.3 Å². The first-order valence-corrected chi connectivity index (χ1v) is 9.52. The molecule has 0 fully saturated rings. The number of hydrogen-bond acceptors (Lipinski definition) is 3. The highest BCUT2D eigenvalue weighted by atomic mass is 16.5. The fraction of sp³-hybridized carbons (Fsp3) is 0.273. The first-order valence-electron chi connectivity index (χ1n) is 9.52. The molecule has 6 heteroatoms. The molecule has 0 aliphatic carbocycles. The molecular formula is C22H27N5O. The summed E-state index contributed by atoms with van der Waals surface area (Å²) in [7, 11) is 1.68. The number of aliphatic imine (C=N–C) groups is 1. The molecule has 0 aliphatic heterocycles. The van der Waals surface area contributed by atoms with Crippen LogP contribution in [0.2, 0.25) is 0 Å². The Balaban J connectivity index is 1.57. The summed E-state index contributed by atoms with van der Waals surface area (Å²) in [5, 5.41) is 11.0. The Labute approximate surface area is 166 Å². The average Bonchev–Trinajstić information content (AvgIpc) is 3.28. The van der Waals surface area contributed by atoms with Crippen LogP contribution in [0.4, 0.5) is 0 Å². The standard InChI is InChI=1S/C22H27N5O/c1-3-23-22(24-14-12-18-8-10-21(28-2)11-9-18)25-17-19-6-4-7-20(16-19)27-15-5-13-26-27/h4-11,13,15-16H,3,12,14,17H2,1-2H3,(H2,23,24,25). The second-order valence-corrected chi connectivity index (χ2v) is 6.34.